The Hall–Kier alpha value is -1.76. The van der Waals surface area contributed by atoms with E-state index in [4.69, 9.17) is 0 Å². The number of hydrogen-bond donors (Lipinski definition) is 0. The summed E-state index contributed by atoms with van der Waals surface area (Å²) in [5.74, 6) is -0.119. The van der Waals surface area contributed by atoms with Crippen LogP contribution in [0.25, 0.3) is 0 Å². The fraction of sp³-hybridized carbons (Fsp3) is 0.767. The predicted molar refractivity (Wildman–Crippen MR) is 132 cm³/mol. The number of fused-ring (bicyclic) bond motifs is 3. The minimum Gasteiger partial charge on any atom is -0.295 e. The van der Waals surface area contributed by atoms with Crippen LogP contribution in [-0.2, 0) is 9.59 Å². The van der Waals surface area contributed by atoms with E-state index in [2.05, 4.69) is 47.6 Å². The summed E-state index contributed by atoms with van der Waals surface area (Å²) in [6, 6.07) is 2.12. The summed E-state index contributed by atoms with van der Waals surface area (Å²) in [6.07, 6.45) is 9.44. The zero-order valence-corrected chi connectivity index (χ0v) is 22.2. The zero-order chi connectivity index (χ0) is 25.3. The van der Waals surface area contributed by atoms with Gasteiger partial charge < -0.3 is 0 Å². The van der Waals surface area contributed by atoms with Gasteiger partial charge in [0.1, 0.15) is 11.7 Å². The van der Waals surface area contributed by atoms with Crippen LogP contribution in [0, 0.1) is 50.7 Å². The van der Waals surface area contributed by atoms with Crippen molar-refractivity contribution in [1.29, 1.82) is 5.26 Å². The second-order valence-electron chi connectivity index (χ2n) is 13.6. The maximum atomic E-state index is 16.2. The molecule has 7 atom stereocenters. The van der Waals surface area contributed by atoms with Crippen molar-refractivity contribution in [3.63, 3.8) is 0 Å². The molecule has 0 aromatic heterocycles. The molecular weight excluding hydrogens is 425 g/mol. The van der Waals surface area contributed by atoms with E-state index in [1.807, 2.05) is 19.1 Å². The maximum Gasteiger partial charge on any atom is 0.176 e. The van der Waals surface area contributed by atoms with E-state index in [1.165, 1.54) is 0 Å². The Morgan fingerprint density at radius 1 is 1.06 bits per heavy atom. The lowest BCUT2D eigenvalue weighted by Crippen LogP contribution is -2.55. The van der Waals surface area contributed by atoms with E-state index < -0.39 is 11.1 Å². The second kappa shape index (κ2) is 7.87. The number of allylic oxidation sites excluding steroid dienone is 4. The van der Waals surface area contributed by atoms with E-state index in [9.17, 15) is 14.9 Å². The third kappa shape index (κ3) is 3.64. The van der Waals surface area contributed by atoms with Crippen LogP contribution in [0.5, 0.6) is 0 Å². The largest absolute Gasteiger partial charge is 0.295 e. The van der Waals surface area contributed by atoms with Crippen molar-refractivity contribution >= 4 is 11.6 Å². The Bertz CT molecular complexity index is 1020. The highest BCUT2D eigenvalue weighted by Gasteiger charge is 2.61. The summed E-state index contributed by atoms with van der Waals surface area (Å²) in [6.45, 7) is 15.0. The van der Waals surface area contributed by atoms with E-state index in [0.717, 1.165) is 31.3 Å². The smallest absolute Gasteiger partial charge is 0.176 e. The molecule has 0 bridgehead atoms. The lowest BCUT2D eigenvalue weighted by molar-refractivity contribution is -0.126. The fourth-order valence-corrected chi connectivity index (χ4v) is 8.37. The molecule has 2 fully saturated rings. The first-order valence-corrected chi connectivity index (χ1v) is 13.2. The van der Waals surface area contributed by atoms with Gasteiger partial charge in [-0.1, -0.05) is 60.1 Å². The highest BCUT2D eigenvalue weighted by molar-refractivity contribution is 6.02. The highest BCUT2D eigenvalue weighted by atomic mass is 19.1. The Morgan fingerprint density at radius 2 is 1.74 bits per heavy atom. The molecule has 3 nitrogen and oxygen atoms in total. The van der Waals surface area contributed by atoms with Gasteiger partial charge in [-0.3, -0.25) is 9.59 Å². The molecule has 0 spiro atoms. The molecule has 4 heteroatoms. The van der Waals surface area contributed by atoms with Gasteiger partial charge in [0.2, 0.25) is 0 Å². The summed E-state index contributed by atoms with van der Waals surface area (Å²) < 4.78 is 16.2. The van der Waals surface area contributed by atoms with Crippen molar-refractivity contribution < 1.29 is 14.0 Å². The Balaban J connectivity index is 1.69. The monoisotopic (exact) mass is 467 g/mol. The number of rotatable bonds is 3. The summed E-state index contributed by atoms with van der Waals surface area (Å²) in [7, 11) is 0. The number of nitrogens with zero attached hydrogens (tertiary/aromatic N) is 1. The van der Waals surface area contributed by atoms with Crippen LogP contribution >= 0.6 is 0 Å². The first-order valence-electron chi connectivity index (χ1n) is 13.2. The molecule has 4 aliphatic rings. The Kier molecular flexibility index (Phi) is 5.87. The number of nitriles is 1. The maximum absolute atomic E-state index is 16.2. The molecule has 34 heavy (non-hydrogen) atoms. The van der Waals surface area contributed by atoms with E-state index in [0.29, 0.717) is 25.7 Å². The third-order valence-electron chi connectivity index (χ3n) is 11.0. The number of Topliss-reactive ketones (excluding diaryl/α,β-unsaturated/α-hetero) is 1. The van der Waals surface area contributed by atoms with Crippen molar-refractivity contribution in [2.24, 2.45) is 39.4 Å². The molecule has 0 radical (unpaired) electrons. The standard InChI is InChI=1S/C30H42FNO2/c1-19-15-26(3,4)10-12-30(19,31)13-11-27(5)17-22(33)14-24-28(6)16-21(18-32)25(34)20(2)23(28)8-9-29(24,27)7/h14,16,19-20,23H,8-13,15,17H2,1-7H3/t19?,20-,23-,27+,28-,29+,30-/m0/s1. The van der Waals surface area contributed by atoms with Gasteiger partial charge in [-0.2, -0.15) is 5.26 Å². The Morgan fingerprint density at radius 3 is 2.35 bits per heavy atom. The highest BCUT2D eigenvalue weighted by Crippen LogP contribution is 2.67. The summed E-state index contributed by atoms with van der Waals surface area (Å²) >= 11 is 0. The van der Waals surface area contributed by atoms with E-state index >= 15 is 4.39 Å². The molecular formula is C30H42FNO2. The Labute approximate surface area is 205 Å². The number of halogens is 1. The van der Waals surface area contributed by atoms with Gasteiger partial charge in [-0.25, -0.2) is 4.39 Å². The van der Waals surface area contributed by atoms with Crippen molar-refractivity contribution in [3.8, 4) is 6.07 Å². The van der Waals surface area contributed by atoms with Gasteiger partial charge in [0, 0.05) is 17.8 Å². The average Bonchev–Trinajstić information content (AvgIpc) is 2.74. The van der Waals surface area contributed by atoms with Gasteiger partial charge >= 0.3 is 0 Å². The molecule has 0 amide bonds. The molecule has 0 aliphatic heterocycles. The lowest BCUT2D eigenvalue weighted by Gasteiger charge is -2.61. The van der Waals surface area contributed by atoms with Crippen LogP contribution < -0.4 is 0 Å². The SMILES string of the molecule is CC1CC(C)(C)CC[C@]1(F)CC[C@]1(C)CC(=O)C=C2[C@@]3(C)C=C(C#N)C(=O)[C@@H](C)[C@@H]3CC[C@]21C. The number of ketones is 2. The third-order valence-corrected chi connectivity index (χ3v) is 11.0. The van der Waals surface area contributed by atoms with Crippen LogP contribution in [-0.4, -0.2) is 17.2 Å². The second-order valence-corrected chi connectivity index (χ2v) is 13.6. The predicted octanol–water partition coefficient (Wildman–Crippen LogP) is 7.32. The molecule has 0 N–H and O–H groups in total. The topological polar surface area (TPSA) is 57.9 Å². The number of alkyl halides is 1. The fourth-order valence-electron chi connectivity index (χ4n) is 8.37. The molecule has 4 aliphatic carbocycles. The molecule has 0 aromatic rings. The normalized spacial score (nSPS) is 46.0. The van der Waals surface area contributed by atoms with Crippen LogP contribution in [0.1, 0.15) is 99.8 Å². The average molecular weight is 468 g/mol. The molecule has 186 valence electrons. The van der Waals surface area contributed by atoms with Gasteiger partial charge in [-0.15, -0.1) is 0 Å². The van der Waals surface area contributed by atoms with Crippen LogP contribution in [0.15, 0.2) is 23.3 Å². The zero-order valence-electron chi connectivity index (χ0n) is 22.2. The molecule has 0 heterocycles. The van der Waals surface area contributed by atoms with Crippen LogP contribution in [0.3, 0.4) is 0 Å². The molecule has 0 aromatic carbocycles. The first kappa shape index (κ1) is 25.3. The molecule has 4 rings (SSSR count). The van der Waals surface area contributed by atoms with Gasteiger partial charge in [0.05, 0.1) is 5.57 Å². The summed E-state index contributed by atoms with van der Waals surface area (Å²) in [4.78, 5) is 25.9. The molecule has 0 saturated heterocycles. The van der Waals surface area contributed by atoms with Gasteiger partial charge in [-0.05, 0) is 79.1 Å². The minimum absolute atomic E-state index is 0.0153. The minimum atomic E-state index is -1.18. The number of carbonyl (C=O) groups excluding carboxylic acids is 2. The van der Waals surface area contributed by atoms with Crippen molar-refractivity contribution in [2.45, 2.75) is 106 Å². The van der Waals surface area contributed by atoms with Crippen molar-refractivity contribution in [2.75, 3.05) is 0 Å². The quantitative estimate of drug-likeness (QED) is 0.437. The lowest BCUT2D eigenvalue weighted by atomic mass is 9.42. The van der Waals surface area contributed by atoms with E-state index in [-0.39, 0.29) is 51.1 Å². The first-order chi connectivity index (χ1) is 15.6. The number of hydrogen-bond acceptors (Lipinski definition) is 3. The summed E-state index contributed by atoms with van der Waals surface area (Å²) in [5, 5.41) is 9.65. The summed E-state index contributed by atoms with van der Waals surface area (Å²) in [5.41, 5.74) is -0.826. The van der Waals surface area contributed by atoms with Crippen molar-refractivity contribution in [3.05, 3.63) is 23.3 Å². The van der Waals surface area contributed by atoms with Gasteiger partial charge in [0.15, 0.2) is 11.6 Å². The van der Waals surface area contributed by atoms with Crippen LogP contribution in [0.2, 0.25) is 0 Å². The van der Waals surface area contributed by atoms with Crippen LogP contribution in [0.4, 0.5) is 4.39 Å². The van der Waals surface area contributed by atoms with Gasteiger partial charge in [0.25, 0.3) is 0 Å². The molecule has 1 unspecified atom stereocenters. The van der Waals surface area contributed by atoms with Crippen molar-refractivity contribution in [1.82, 2.24) is 0 Å². The van der Waals surface area contributed by atoms with E-state index in [1.54, 1.807) is 0 Å². The molecule has 2 saturated carbocycles. The number of carbonyl (C=O) groups is 2.